The number of ether oxygens (including phenoxy) is 3. The van der Waals surface area contributed by atoms with Gasteiger partial charge in [0, 0.05) is 32.8 Å². The van der Waals surface area contributed by atoms with Crippen molar-refractivity contribution in [3.8, 4) is 0 Å². The lowest BCUT2D eigenvalue weighted by Crippen LogP contribution is -2.55. The summed E-state index contributed by atoms with van der Waals surface area (Å²) in [4.78, 5) is 11.7. The minimum atomic E-state index is -0.685. The van der Waals surface area contributed by atoms with Crippen LogP contribution in [0.25, 0.3) is 0 Å². The van der Waals surface area contributed by atoms with Crippen LogP contribution in [0.15, 0.2) is 0 Å². The molecule has 0 aromatic rings. The number of hydrogen-bond donors (Lipinski definition) is 2. The molecule has 1 amide bonds. The van der Waals surface area contributed by atoms with Gasteiger partial charge in [-0.2, -0.15) is 0 Å². The molecule has 0 radical (unpaired) electrons. The highest BCUT2D eigenvalue weighted by Crippen LogP contribution is 2.25. The second-order valence-corrected chi connectivity index (χ2v) is 5.96. The first-order valence-electron chi connectivity index (χ1n) is 7.74. The molecule has 1 saturated carbocycles. The fourth-order valence-corrected chi connectivity index (χ4v) is 2.23. The molecule has 0 aromatic heterocycles. The van der Waals surface area contributed by atoms with Crippen molar-refractivity contribution in [3.05, 3.63) is 0 Å². The van der Waals surface area contributed by atoms with Crippen LogP contribution in [0.1, 0.15) is 39.5 Å². The Morgan fingerprint density at radius 1 is 1.33 bits per heavy atom. The SMILES string of the molecule is COCCOCCCOC(C)CC(C)(NC1CC1)C(N)=O. The molecular formula is C15H30N2O4. The van der Waals surface area contributed by atoms with Crippen molar-refractivity contribution in [1.29, 1.82) is 0 Å². The first-order chi connectivity index (χ1) is 9.98. The van der Waals surface area contributed by atoms with E-state index in [0.717, 1.165) is 19.3 Å². The van der Waals surface area contributed by atoms with E-state index >= 15 is 0 Å². The highest BCUT2D eigenvalue weighted by atomic mass is 16.5. The number of carbonyl (C=O) groups excluding carboxylic acids is 1. The van der Waals surface area contributed by atoms with E-state index in [1.807, 2.05) is 13.8 Å². The first-order valence-corrected chi connectivity index (χ1v) is 7.74. The lowest BCUT2D eigenvalue weighted by molar-refractivity contribution is -0.125. The number of nitrogens with one attached hydrogen (secondary N) is 1. The van der Waals surface area contributed by atoms with Gasteiger partial charge >= 0.3 is 0 Å². The second-order valence-electron chi connectivity index (χ2n) is 5.96. The van der Waals surface area contributed by atoms with E-state index in [2.05, 4.69) is 5.32 Å². The summed E-state index contributed by atoms with van der Waals surface area (Å²) in [5.74, 6) is -0.312. The Morgan fingerprint density at radius 2 is 2.05 bits per heavy atom. The van der Waals surface area contributed by atoms with Gasteiger partial charge in [0.1, 0.15) is 0 Å². The van der Waals surface area contributed by atoms with Crippen molar-refractivity contribution in [2.45, 2.75) is 57.2 Å². The van der Waals surface area contributed by atoms with Crippen LogP contribution >= 0.6 is 0 Å². The quantitative estimate of drug-likeness (QED) is 0.492. The largest absolute Gasteiger partial charge is 0.382 e. The molecule has 6 nitrogen and oxygen atoms in total. The van der Waals surface area contributed by atoms with Gasteiger partial charge in [-0.1, -0.05) is 0 Å². The van der Waals surface area contributed by atoms with Gasteiger partial charge < -0.3 is 25.3 Å². The molecule has 1 aliphatic carbocycles. The third kappa shape index (κ3) is 7.76. The lowest BCUT2D eigenvalue weighted by atomic mass is 9.93. The summed E-state index contributed by atoms with van der Waals surface area (Å²) in [6, 6.07) is 0.434. The zero-order chi connectivity index (χ0) is 15.7. The van der Waals surface area contributed by atoms with Crippen LogP contribution in [-0.2, 0) is 19.0 Å². The summed E-state index contributed by atoms with van der Waals surface area (Å²) in [5.41, 5.74) is 4.84. The van der Waals surface area contributed by atoms with Crippen LogP contribution in [0.3, 0.4) is 0 Å². The standard InChI is InChI=1S/C15H30N2O4/c1-12(21-8-4-7-20-10-9-19-3)11-15(2,14(16)18)17-13-5-6-13/h12-13,17H,4-11H2,1-3H3,(H2,16,18). The molecule has 0 aliphatic heterocycles. The van der Waals surface area contributed by atoms with Crippen LogP contribution in [0.2, 0.25) is 0 Å². The lowest BCUT2D eigenvalue weighted by Gasteiger charge is -2.30. The van der Waals surface area contributed by atoms with Crippen LogP contribution in [0.4, 0.5) is 0 Å². The molecule has 21 heavy (non-hydrogen) atoms. The molecule has 2 atom stereocenters. The van der Waals surface area contributed by atoms with Crippen LogP contribution in [-0.4, -0.2) is 57.1 Å². The summed E-state index contributed by atoms with van der Waals surface area (Å²) in [6.07, 6.45) is 3.64. The first kappa shape index (κ1) is 18.4. The molecule has 0 bridgehead atoms. The molecule has 124 valence electrons. The van der Waals surface area contributed by atoms with Gasteiger partial charge in [-0.05, 0) is 33.1 Å². The molecule has 0 aromatic carbocycles. The molecule has 1 aliphatic rings. The van der Waals surface area contributed by atoms with Gasteiger partial charge in [-0.25, -0.2) is 0 Å². The smallest absolute Gasteiger partial charge is 0.237 e. The normalized spacial score (nSPS) is 19.2. The zero-order valence-corrected chi connectivity index (χ0v) is 13.5. The topological polar surface area (TPSA) is 82.8 Å². The third-order valence-electron chi connectivity index (χ3n) is 3.61. The minimum absolute atomic E-state index is 0.0206. The maximum Gasteiger partial charge on any atom is 0.237 e. The predicted octanol–water partition coefficient (Wildman–Crippen LogP) is 0.831. The average molecular weight is 302 g/mol. The average Bonchev–Trinajstić information content (AvgIpc) is 3.21. The molecule has 0 heterocycles. The predicted molar refractivity (Wildman–Crippen MR) is 81.1 cm³/mol. The summed E-state index contributed by atoms with van der Waals surface area (Å²) in [6.45, 7) is 6.33. The summed E-state index contributed by atoms with van der Waals surface area (Å²) >= 11 is 0. The molecule has 0 spiro atoms. The highest BCUT2D eigenvalue weighted by molar-refractivity contribution is 5.84. The fraction of sp³-hybridized carbons (Fsp3) is 0.933. The van der Waals surface area contributed by atoms with Crippen LogP contribution in [0, 0.1) is 0 Å². The van der Waals surface area contributed by atoms with Crippen molar-refractivity contribution in [2.75, 3.05) is 33.5 Å². The van der Waals surface area contributed by atoms with E-state index in [4.69, 9.17) is 19.9 Å². The van der Waals surface area contributed by atoms with Gasteiger partial charge in [-0.3, -0.25) is 4.79 Å². The molecule has 1 fully saturated rings. The van der Waals surface area contributed by atoms with Gasteiger partial charge in [0.05, 0.1) is 24.9 Å². The van der Waals surface area contributed by atoms with Crippen molar-refractivity contribution >= 4 is 5.91 Å². The number of hydrogen-bond acceptors (Lipinski definition) is 5. The van der Waals surface area contributed by atoms with Crippen molar-refractivity contribution < 1.29 is 19.0 Å². The Kier molecular flexibility index (Phi) is 8.18. The molecule has 6 heteroatoms. The zero-order valence-electron chi connectivity index (χ0n) is 13.5. The van der Waals surface area contributed by atoms with E-state index < -0.39 is 5.54 Å². The maximum absolute atomic E-state index is 11.7. The number of amides is 1. The van der Waals surface area contributed by atoms with E-state index in [1.165, 1.54) is 0 Å². The summed E-state index contributed by atoms with van der Waals surface area (Å²) < 4.78 is 16.0. The Balaban J connectivity index is 2.15. The van der Waals surface area contributed by atoms with E-state index in [9.17, 15) is 4.79 Å². The van der Waals surface area contributed by atoms with Gasteiger partial charge in [0.25, 0.3) is 0 Å². The van der Waals surface area contributed by atoms with Crippen LogP contribution in [0.5, 0.6) is 0 Å². The summed E-state index contributed by atoms with van der Waals surface area (Å²) in [5, 5.41) is 3.33. The highest BCUT2D eigenvalue weighted by Gasteiger charge is 2.38. The Morgan fingerprint density at radius 3 is 2.62 bits per heavy atom. The van der Waals surface area contributed by atoms with Gasteiger partial charge in [0.2, 0.25) is 5.91 Å². The number of rotatable bonds is 13. The molecule has 0 saturated heterocycles. The monoisotopic (exact) mass is 302 g/mol. The fourth-order valence-electron chi connectivity index (χ4n) is 2.23. The minimum Gasteiger partial charge on any atom is -0.382 e. The van der Waals surface area contributed by atoms with Gasteiger partial charge in [-0.15, -0.1) is 0 Å². The Bertz CT molecular complexity index is 310. The van der Waals surface area contributed by atoms with Crippen molar-refractivity contribution in [1.82, 2.24) is 5.32 Å². The number of primary amides is 1. The number of carbonyl (C=O) groups is 1. The molecule has 2 unspecified atom stereocenters. The van der Waals surface area contributed by atoms with E-state index in [1.54, 1.807) is 7.11 Å². The number of methoxy groups -OCH3 is 1. The molecule has 1 rings (SSSR count). The maximum atomic E-state index is 11.7. The third-order valence-corrected chi connectivity index (χ3v) is 3.61. The summed E-state index contributed by atoms with van der Waals surface area (Å²) in [7, 11) is 1.65. The van der Waals surface area contributed by atoms with Crippen molar-refractivity contribution in [3.63, 3.8) is 0 Å². The van der Waals surface area contributed by atoms with E-state index in [0.29, 0.717) is 38.9 Å². The molecular weight excluding hydrogens is 272 g/mol. The van der Waals surface area contributed by atoms with Crippen LogP contribution < -0.4 is 11.1 Å². The van der Waals surface area contributed by atoms with Gasteiger partial charge in [0.15, 0.2) is 0 Å². The second kappa shape index (κ2) is 9.35. The Hall–Kier alpha value is -0.690. The Labute approximate surface area is 127 Å². The van der Waals surface area contributed by atoms with Crippen molar-refractivity contribution in [2.24, 2.45) is 5.73 Å². The number of nitrogens with two attached hydrogens (primary N) is 1. The van der Waals surface area contributed by atoms with E-state index in [-0.39, 0.29) is 12.0 Å². The molecule has 3 N–H and O–H groups in total.